The monoisotopic (exact) mass is 297 g/mol. The molecule has 0 fully saturated rings. The van der Waals surface area contributed by atoms with Crippen molar-refractivity contribution >= 4 is 33.7 Å². The van der Waals surface area contributed by atoms with Crippen molar-refractivity contribution in [3.8, 4) is 5.75 Å². The number of thiophene rings is 1. The van der Waals surface area contributed by atoms with Crippen molar-refractivity contribution in [3.05, 3.63) is 57.8 Å². The zero-order valence-corrected chi connectivity index (χ0v) is 12.6. The van der Waals surface area contributed by atoms with Crippen molar-refractivity contribution in [2.24, 2.45) is 0 Å². The Morgan fingerprint density at radius 3 is 2.67 bits per heavy atom. The maximum atomic E-state index is 12.3. The van der Waals surface area contributed by atoms with Crippen molar-refractivity contribution in [2.45, 2.75) is 13.8 Å². The van der Waals surface area contributed by atoms with Gasteiger partial charge in [0.25, 0.3) is 5.91 Å². The Hall–Kier alpha value is -2.33. The van der Waals surface area contributed by atoms with E-state index < -0.39 is 0 Å². The summed E-state index contributed by atoms with van der Waals surface area (Å²) in [6, 6.07) is 13.0. The highest BCUT2D eigenvalue weighted by Gasteiger charge is 2.12. The van der Waals surface area contributed by atoms with Gasteiger partial charge in [-0.1, -0.05) is 18.2 Å². The number of hydrogen-bond acceptors (Lipinski definition) is 3. The van der Waals surface area contributed by atoms with Crippen molar-refractivity contribution in [3.63, 3.8) is 0 Å². The Morgan fingerprint density at radius 1 is 1.14 bits per heavy atom. The van der Waals surface area contributed by atoms with Crippen molar-refractivity contribution < 1.29 is 9.90 Å². The third-order valence-electron chi connectivity index (χ3n) is 3.31. The lowest BCUT2D eigenvalue weighted by Gasteiger charge is -2.10. The lowest BCUT2D eigenvalue weighted by molar-refractivity contribution is 0.103. The van der Waals surface area contributed by atoms with Crippen LogP contribution in [0.15, 0.2) is 42.5 Å². The molecular formula is C17H15NO2S. The molecule has 3 nitrogen and oxygen atoms in total. The molecule has 3 aromatic rings. The summed E-state index contributed by atoms with van der Waals surface area (Å²) in [5.41, 5.74) is 1.61. The quantitative estimate of drug-likeness (QED) is 0.733. The van der Waals surface area contributed by atoms with Gasteiger partial charge in [-0.25, -0.2) is 0 Å². The van der Waals surface area contributed by atoms with E-state index in [4.69, 9.17) is 0 Å². The number of aryl methyl sites for hydroxylation is 2. The van der Waals surface area contributed by atoms with E-state index in [1.54, 1.807) is 12.1 Å². The Labute approximate surface area is 126 Å². The summed E-state index contributed by atoms with van der Waals surface area (Å²) < 4.78 is 0. The van der Waals surface area contributed by atoms with Crippen molar-refractivity contribution in [1.82, 2.24) is 0 Å². The van der Waals surface area contributed by atoms with E-state index >= 15 is 0 Å². The fraction of sp³-hybridized carbons (Fsp3) is 0.118. The molecule has 1 heterocycles. The first-order valence-electron chi connectivity index (χ1n) is 6.65. The molecule has 0 bridgehead atoms. The molecule has 0 radical (unpaired) electrons. The van der Waals surface area contributed by atoms with Gasteiger partial charge in [-0.15, -0.1) is 11.3 Å². The van der Waals surface area contributed by atoms with Crippen LogP contribution in [0.5, 0.6) is 5.75 Å². The number of carbonyl (C=O) groups is 1. The number of benzene rings is 2. The summed E-state index contributed by atoms with van der Waals surface area (Å²) in [4.78, 5) is 14.0. The third-order valence-corrected chi connectivity index (χ3v) is 4.31. The van der Waals surface area contributed by atoms with Gasteiger partial charge in [0.05, 0.1) is 10.6 Å². The molecule has 0 atom stereocenters. The minimum Gasteiger partial charge on any atom is -0.507 e. The maximum absolute atomic E-state index is 12.3. The van der Waals surface area contributed by atoms with Crippen LogP contribution in [0.4, 0.5) is 5.69 Å². The van der Waals surface area contributed by atoms with Gasteiger partial charge >= 0.3 is 0 Å². The molecule has 0 saturated heterocycles. The number of hydrogen-bond donors (Lipinski definition) is 2. The minimum absolute atomic E-state index is 0.152. The van der Waals surface area contributed by atoms with Crippen LogP contribution in [0.2, 0.25) is 0 Å². The Balaban J connectivity index is 2.03. The number of rotatable bonds is 2. The van der Waals surface area contributed by atoms with Crippen molar-refractivity contribution in [2.75, 3.05) is 5.32 Å². The van der Waals surface area contributed by atoms with E-state index in [2.05, 4.69) is 5.32 Å². The Morgan fingerprint density at radius 2 is 1.95 bits per heavy atom. The number of anilines is 1. The van der Waals surface area contributed by atoms with Crippen LogP contribution < -0.4 is 5.32 Å². The van der Waals surface area contributed by atoms with Crippen molar-refractivity contribution in [1.29, 1.82) is 0 Å². The molecule has 21 heavy (non-hydrogen) atoms. The van der Waals surface area contributed by atoms with Gasteiger partial charge in [0.2, 0.25) is 0 Å². The molecule has 0 spiro atoms. The second-order valence-corrected chi connectivity index (χ2v) is 6.34. The smallest absolute Gasteiger partial charge is 0.265 e. The van der Waals surface area contributed by atoms with Gasteiger partial charge in [-0.3, -0.25) is 4.79 Å². The average molecular weight is 297 g/mol. The summed E-state index contributed by atoms with van der Waals surface area (Å²) >= 11 is 1.45. The van der Waals surface area contributed by atoms with E-state index in [9.17, 15) is 9.90 Å². The lowest BCUT2D eigenvalue weighted by atomic mass is 10.0. The third kappa shape index (κ3) is 2.62. The molecule has 4 heteroatoms. The Bertz CT molecular complexity index is 836. The van der Waals surface area contributed by atoms with Gasteiger partial charge in [0.1, 0.15) is 5.75 Å². The first kappa shape index (κ1) is 13.6. The van der Waals surface area contributed by atoms with E-state index in [1.807, 2.05) is 44.2 Å². The number of phenols is 1. The predicted octanol–water partition coefficient (Wildman–Crippen LogP) is 4.48. The fourth-order valence-electron chi connectivity index (χ4n) is 2.40. The largest absolute Gasteiger partial charge is 0.507 e. The highest BCUT2D eigenvalue weighted by molar-refractivity contribution is 7.14. The van der Waals surface area contributed by atoms with Crippen LogP contribution in [-0.4, -0.2) is 11.0 Å². The molecule has 1 amide bonds. The molecule has 1 aromatic heterocycles. The summed E-state index contributed by atoms with van der Waals surface area (Å²) in [5.74, 6) is 0.0313. The maximum Gasteiger partial charge on any atom is 0.265 e. The second kappa shape index (κ2) is 5.22. The SMILES string of the molecule is Cc1cc(O)c2c(NC(=O)c3ccc(C)s3)cccc2c1. The van der Waals surface area contributed by atoms with Crippen LogP contribution in [-0.2, 0) is 0 Å². The number of fused-ring (bicyclic) bond motifs is 1. The van der Waals surface area contributed by atoms with Crippen LogP contribution >= 0.6 is 11.3 Å². The zero-order valence-electron chi connectivity index (χ0n) is 11.8. The summed E-state index contributed by atoms with van der Waals surface area (Å²) in [6.45, 7) is 3.90. The topological polar surface area (TPSA) is 49.3 Å². The summed E-state index contributed by atoms with van der Waals surface area (Å²) in [6.07, 6.45) is 0. The highest BCUT2D eigenvalue weighted by Crippen LogP contribution is 2.33. The van der Waals surface area contributed by atoms with E-state index in [1.165, 1.54) is 11.3 Å². The molecule has 0 aliphatic carbocycles. The first-order chi connectivity index (χ1) is 10.0. The zero-order chi connectivity index (χ0) is 15.0. The second-order valence-electron chi connectivity index (χ2n) is 5.05. The standard InChI is InChI=1S/C17H15NO2S/c1-10-8-12-4-3-5-13(16(12)14(19)9-10)18-17(20)15-7-6-11(2)21-15/h3-9,19H,1-2H3,(H,18,20). The van der Waals surface area contributed by atoms with Crippen LogP contribution in [0, 0.1) is 13.8 Å². The number of aromatic hydroxyl groups is 1. The Kier molecular flexibility index (Phi) is 3.39. The molecule has 2 aromatic carbocycles. The van der Waals surface area contributed by atoms with E-state index in [-0.39, 0.29) is 11.7 Å². The molecule has 0 saturated carbocycles. The van der Waals surface area contributed by atoms with E-state index in [0.29, 0.717) is 16.0 Å². The molecule has 0 unspecified atom stereocenters. The van der Waals surface area contributed by atoms with Gasteiger partial charge < -0.3 is 10.4 Å². The summed E-state index contributed by atoms with van der Waals surface area (Å²) in [5, 5.41) is 14.6. The molecule has 0 aliphatic heterocycles. The van der Waals surface area contributed by atoms with Crippen LogP contribution in [0.1, 0.15) is 20.1 Å². The minimum atomic E-state index is -0.152. The number of amides is 1. The van der Waals surface area contributed by atoms with E-state index in [0.717, 1.165) is 15.8 Å². The first-order valence-corrected chi connectivity index (χ1v) is 7.46. The highest BCUT2D eigenvalue weighted by atomic mass is 32.1. The predicted molar refractivity (Wildman–Crippen MR) is 87.4 cm³/mol. The number of carbonyl (C=O) groups excluding carboxylic acids is 1. The van der Waals surface area contributed by atoms with Gasteiger partial charge in [0, 0.05) is 10.3 Å². The van der Waals surface area contributed by atoms with Crippen LogP contribution in [0.3, 0.4) is 0 Å². The number of phenolic OH excluding ortho intramolecular Hbond substituents is 1. The molecule has 106 valence electrons. The van der Waals surface area contributed by atoms with Crippen LogP contribution in [0.25, 0.3) is 10.8 Å². The average Bonchev–Trinajstić information content (AvgIpc) is 2.85. The molecule has 3 rings (SSSR count). The van der Waals surface area contributed by atoms with Gasteiger partial charge in [-0.2, -0.15) is 0 Å². The normalized spacial score (nSPS) is 10.8. The van der Waals surface area contributed by atoms with Gasteiger partial charge in [0.15, 0.2) is 0 Å². The summed E-state index contributed by atoms with van der Waals surface area (Å²) in [7, 11) is 0. The lowest BCUT2D eigenvalue weighted by Crippen LogP contribution is -2.10. The molecular weight excluding hydrogens is 282 g/mol. The fourth-order valence-corrected chi connectivity index (χ4v) is 3.16. The molecule has 0 aliphatic rings. The molecule has 2 N–H and O–H groups in total. The van der Waals surface area contributed by atoms with Gasteiger partial charge in [-0.05, 0) is 49.1 Å². The number of nitrogens with one attached hydrogen (secondary N) is 1.